The Morgan fingerprint density at radius 3 is 2.72 bits per heavy atom. The molecule has 0 aliphatic carbocycles. The van der Waals surface area contributed by atoms with Gasteiger partial charge >= 0.3 is 0 Å². The van der Waals surface area contributed by atoms with Crippen molar-refractivity contribution < 1.29 is 9.90 Å². The molecule has 0 aliphatic rings. The van der Waals surface area contributed by atoms with Crippen LogP contribution in [-0.2, 0) is 4.79 Å². The predicted octanol–water partition coefficient (Wildman–Crippen LogP) is 1.76. The number of pyridine rings is 1. The lowest BCUT2D eigenvalue weighted by Gasteiger charge is -2.30. The number of hydrogen-bond acceptors (Lipinski definition) is 3. The number of amides is 1. The Bertz CT molecular complexity index is 389. The maximum atomic E-state index is 11.8. The van der Waals surface area contributed by atoms with Gasteiger partial charge in [0.15, 0.2) is 0 Å². The van der Waals surface area contributed by atoms with Gasteiger partial charge in [0.1, 0.15) is 0 Å². The molecule has 18 heavy (non-hydrogen) atoms. The first-order valence-electron chi connectivity index (χ1n) is 6.17. The minimum absolute atomic E-state index is 0.0491. The SMILES string of the molecule is CCC(CC)(CO)NC(=O)C=Cc1cccnc1. The number of carbonyl (C=O) groups excluding carboxylic acids is 1. The van der Waals surface area contributed by atoms with Crippen LogP contribution < -0.4 is 5.32 Å². The standard InChI is InChI=1S/C14H20N2O2/c1-3-14(4-2,11-17)16-13(18)8-7-12-6-5-9-15-10-12/h5-10,17H,3-4,11H2,1-2H3,(H,16,18). The number of nitrogens with zero attached hydrogens (tertiary/aromatic N) is 1. The number of hydrogen-bond donors (Lipinski definition) is 2. The maximum Gasteiger partial charge on any atom is 0.244 e. The zero-order valence-electron chi connectivity index (χ0n) is 10.9. The molecule has 1 heterocycles. The Hall–Kier alpha value is -1.68. The van der Waals surface area contributed by atoms with Crippen LogP contribution in [0, 0.1) is 0 Å². The maximum absolute atomic E-state index is 11.8. The number of aliphatic hydroxyl groups is 1. The molecule has 0 spiro atoms. The summed E-state index contributed by atoms with van der Waals surface area (Å²) in [7, 11) is 0. The van der Waals surface area contributed by atoms with Crippen LogP contribution in [0.3, 0.4) is 0 Å². The highest BCUT2D eigenvalue weighted by atomic mass is 16.3. The van der Waals surface area contributed by atoms with Crippen molar-refractivity contribution in [3.63, 3.8) is 0 Å². The van der Waals surface area contributed by atoms with Gasteiger partial charge in [-0.1, -0.05) is 19.9 Å². The van der Waals surface area contributed by atoms with E-state index in [0.717, 1.165) is 5.56 Å². The van der Waals surface area contributed by atoms with Crippen molar-refractivity contribution >= 4 is 12.0 Å². The Morgan fingerprint density at radius 2 is 2.22 bits per heavy atom. The first-order valence-corrected chi connectivity index (χ1v) is 6.17. The van der Waals surface area contributed by atoms with Crippen LogP contribution in [0.2, 0.25) is 0 Å². The van der Waals surface area contributed by atoms with E-state index in [9.17, 15) is 9.90 Å². The van der Waals surface area contributed by atoms with Crippen LogP contribution in [-0.4, -0.2) is 28.1 Å². The number of nitrogens with one attached hydrogen (secondary N) is 1. The zero-order chi connectivity index (χ0) is 13.4. The van der Waals surface area contributed by atoms with Gasteiger partial charge in [-0.25, -0.2) is 0 Å². The fraction of sp³-hybridized carbons (Fsp3) is 0.429. The van der Waals surface area contributed by atoms with E-state index >= 15 is 0 Å². The molecule has 0 unspecified atom stereocenters. The van der Waals surface area contributed by atoms with Gasteiger partial charge < -0.3 is 10.4 Å². The Balaban J connectivity index is 2.64. The van der Waals surface area contributed by atoms with Gasteiger partial charge in [-0.05, 0) is 30.5 Å². The second-order valence-electron chi connectivity index (χ2n) is 4.25. The van der Waals surface area contributed by atoms with Crippen molar-refractivity contribution in [1.29, 1.82) is 0 Å². The van der Waals surface area contributed by atoms with Gasteiger partial charge in [0.2, 0.25) is 5.91 Å². The topological polar surface area (TPSA) is 62.2 Å². The molecule has 2 N–H and O–H groups in total. The van der Waals surface area contributed by atoms with Crippen molar-refractivity contribution in [3.8, 4) is 0 Å². The summed E-state index contributed by atoms with van der Waals surface area (Å²) < 4.78 is 0. The molecule has 0 bridgehead atoms. The third-order valence-electron chi connectivity index (χ3n) is 3.16. The van der Waals surface area contributed by atoms with Crippen LogP contribution >= 0.6 is 0 Å². The molecule has 4 nitrogen and oxygen atoms in total. The lowest BCUT2D eigenvalue weighted by atomic mass is 9.94. The van der Waals surface area contributed by atoms with E-state index in [-0.39, 0.29) is 12.5 Å². The van der Waals surface area contributed by atoms with Crippen LogP contribution in [0.15, 0.2) is 30.6 Å². The van der Waals surface area contributed by atoms with Gasteiger partial charge in [-0.15, -0.1) is 0 Å². The molecule has 1 aromatic heterocycles. The highest BCUT2D eigenvalue weighted by Crippen LogP contribution is 2.14. The molecule has 0 aromatic carbocycles. The summed E-state index contributed by atoms with van der Waals surface area (Å²) in [6.07, 6.45) is 7.94. The van der Waals surface area contributed by atoms with Crippen molar-refractivity contribution in [1.82, 2.24) is 10.3 Å². The molecule has 98 valence electrons. The average molecular weight is 248 g/mol. The first-order chi connectivity index (χ1) is 8.65. The van der Waals surface area contributed by atoms with Crippen LogP contribution in [0.1, 0.15) is 32.3 Å². The monoisotopic (exact) mass is 248 g/mol. The molecule has 0 saturated heterocycles. The van der Waals surface area contributed by atoms with Crippen LogP contribution in [0.5, 0.6) is 0 Å². The second kappa shape index (κ2) is 6.91. The lowest BCUT2D eigenvalue weighted by Crippen LogP contribution is -2.49. The smallest absolute Gasteiger partial charge is 0.244 e. The molecular weight excluding hydrogens is 228 g/mol. The quantitative estimate of drug-likeness (QED) is 0.754. The average Bonchev–Trinajstić information content (AvgIpc) is 2.44. The molecule has 1 amide bonds. The summed E-state index contributed by atoms with van der Waals surface area (Å²) in [5.41, 5.74) is 0.353. The summed E-state index contributed by atoms with van der Waals surface area (Å²) in [5, 5.41) is 12.2. The fourth-order valence-electron chi connectivity index (χ4n) is 1.64. The molecule has 0 fully saturated rings. The molecule has 1 rings (SSSR count). The zero-order valence-corrected chi connectivity index (χ0v) is 10.9. The Kier molecular flexibility index (Phi) is 5.52. The van der Waals surface area contributed by atoms with Gasteiger partial charge in [0, 0.05) is 18.5 Å². The molecule has 0 radical (unpaired) electrons. The van der Waals surface area contributed by atoms with Crippen molar-refractivity contribution in [2.45, 2.75) is 32.2 Å². The molecule has 0 aliphatic heterocycles. The van der Waals surface area contributed by atoms with E-state index in [4.69, 9.17) is 0 Å². The van der Waals surface area contributed by atoms with Gasteiger partial charge in [-0.3, -0.25) is 9.78 Å². The van der Waals surface area contributed by atoms with Crippen LogP contribution in [0.25, 0.3) is 6.08 Å². The van der Waals surface area contributed by atoms with E-state index in [1.165, 1.54) is 6.08 Å². The number of carbonyl (C=O) groups is 1. The molecule has 4 heteroatoms. The summed E-state index contributed by atoms with van der Waals surface area (Å²) in [6.45, 7) is 3.85. The normalized spacial score (nSPS) is 11.7. The van der Waals surface area contributed by atoms with Crippen molar-refractivity contribution in [3.05, 3.63) is 36.2 Å². The summed E-state index contributed by atoms with van der Waals surface area (Å²) >= 11 is 0. The minimum Gasteiger partial charge on any atom is -0.394 e. The van der Waals surface area contributed by atoms with Crippen molar-refractivity contribution in [2.24, 2.45) is 0 Å². The molecule has 0 saturated carbocycles. The minimum atomic E-state index is -0.517. The Morgan fingerprint density at radius 1 is 1.50 bits per heavy atom. The van der Waals surface area contributed by atoms with Crippen molar-refractivity contribution in [2.75, 3.05) is 6.61 Å². The summed E-state index contributed by atoms with van der Waals surface area (Å²) in [4.78, 5) is 15.7. The molecule has 1 aromatic rings. The molecule has 0 atom stereocenters. The molecular formula is C14H20N2O2. The first kappa shape index (κ1) is 14.4. The van der Waals surface area contributed by atoms with E-state index in [2.05, 4.69) is 10.3 Å². The largest absolute Gasteiger partial charge is 0.394 e. The number of aliphatic hydroxyl groups excluding tert-OH is 1. The summed E-state index contributed by atoms with van der Waals surface area (Å²) in [5.74, 6) is -0.198. The fourth-order valence-corrected chi connectivity index (χ4v) is 1.64. The predicted molar refractivity (Wildman–Crippen MR) is 71.8 cm³/mol. The number of rotatable bonds is 6. The van der Waals surface area contributed by atoms with E-state index in [1.54, 1.807) is 18.5 Å². The number of aromatic nitrogens is 1. The highest BCUT2D eigenvalue weighted by molar-refractivity contribution is 5.92. The van der Waals surface area contributed by atoms with E-state index in [1.807, 2.05) is 26.0 Å². The Labute approximate surface area is 108 Å². The van der Waals surface area contributed by atoms with Gasteiger partial charge in [0.25, 0.3) is 0 Å². The van der Waals surface area contributed by atoms with Crippen LogP contribution in [0.4, 0.5) is 0 Å². The lowest BCUT2D eigenvalue weighted by molar-refractivity contribution is -0.119. The van der Waals surface area contributed by atoms with Gasteiger partial charge in [0.05, 0.1) is 12.1 Å². The summed E-state index contributed by atoms with van der Waals surface area (Å²) in [6, 6.07) is 3.68. The van der Waals surface area contributed by atoms with E-state index < -0.39 is 5.54 Å². The van der Waals surface area contributed by atoms with E-state index in [0.29, 0.717) is 12.8 Å². The second-order valence-corrected chi connectivity index (χ2v) is 4.25. The highest BCUT2D eigenvalue weighted by Gasteiger charge is 2.26. The van der Waals surface area contributed by atoms with Gasteiger partial charge in [-0.2, -0.15) is 0 Å². The third kappa shape index (κ3) is 3.96. The third-order valence-corrected chi connectivity index (χ3v) is 3.16.